The number of nitrogens with zero attached hydrogens (tertiary/aromatic N) is 3. The molecule has 3 heterocycles. The topological polar surface area (TPSA) is 57.0 Å². The lowest BCUT2D eigenvalue weighted by atomic mass is 10.1. The molecule has 3 aromatic heterocycles. The number of aryl methyl sites for hydroxylation is 3. The van der Waals surface area contributed by atoms with Crippen LogP contribution in [0.4, 0.5) is 0 Å². The van der Waals surface area contributed by atoms with E-state index in [1.165, 1.54) is 16.9 Å². The monoisotopic (exact) mass is 397 g/mol. The Hall–Kier alpha value is -2.51. The number of benzene rings is 1. The van der Waals surface area contributed by atoms with Crippen molar-refractivity contribution in [3.8, 4) is 10.6 Å². The average Bonchev–Trinajstić information content (AvgIpc) is 3.38. The van der Waals surface area contributed by atoms with E-state index in [1.807, 2.05) is 25.4 Å². The molecule has 7 heteroatoms. The van der Waals surface area contributed by atoms with Crippen LogP contribution in [0.1, 0.15) is 33.5 Å². The second-order valence-corrected chi connectivity index (χ2v) is 8.20. The van der Waals surface area contributed by atoms with Crippen molar-refractivity contribution in [3.63, 3.8) is 0 Å². The Morgan fingerprint density at radius 1 is 1.26 bits per heavy atom. The smallest absolute Gasteiger partial charge is 0.348 e. The van der Waals surface area contributed by atoms with Crippen molar-refractivity contribution in [3.05, 3.63) is 57.5 Å². The Morgan fingerprint density at radius 3 is 2.74 bits per heavy atom. The molecular formula is C20H19N3O2S2. The summed E-state index contributed by atoms with van der Waals surface area (Å²) in [6.45, 7) is 4.25. The van der Waals surface area contributed by atoms with E-state index in [-0.39, 0.29) is 12.6 Å². The first-order valence-corrected chi connectivity index (χ1v) is 10.4. The van der Waals surface area contributed by atoms with Gasteiger partial charge in [-0.2, -0.15) is 5.10 Å². The summed E-state index contributed by atoms with van der Waals surface area (Å²) in [7, 11) is 1.88. The molecule has 0 saturated carbocycles. The fourth-order valence-electron chi connectivity index (χ4n) is 2.91. The molecule has 0 atom stereocenters. The highest BCUT2D eigenvalue weighted by Crippen LogP contribution is 2.29. The van der Waals surface area contributed by atoms with Crippen molar-refractivity contribution in [2.24, 2.45) is 7.05 Å². The third-order valence-corrected chi connectivity index (χ3v) is 6.53. The summed E-state index contributed by atoms with van der Waals surface area (Å²) in [6.07, 6.45) is 1.02. The van der Waals surface area contributed by atoms with Gasteiger partial charge in [0.1, 0.15) is 21.3 Å². The van der Waals surface area contributed by atoms with Crippen molar-refractivity contribution < 1.29 is 9.53 Å². The van der Waals surface area contributed by atoms with E-state index in [0.29, 0.717) is 4.88 Å². The summed E-state index contributed by atoms with van der Waals surface area (Å²) in [6, 6.07) is 10.3. The number of rotatable bonds is 5. The largest absolute Gasteiger partial charge is 0.455 e. The maximum absolute atomic E-state index is 12.4. The molecule has 0 spiro atoms. The molecule has 0 N–H and O–H groups in total. The van der Waals surface area contributed by atoms with Gasteiger partial charge in [-0.05, 0) is 25.0 Å². The third-order valence-electron chi connectivity index (χ3n) is 4.41. The van der Waals surface area contributed by atoms with E-state index in [4.69, 9.17) is 4.74 Å². The van der Waals surface area contributed by atoms with Crippen LogP contribution < -0.4 is 0 Å². The molecule has 0 aliphatic carbocycles. The molecule has 0 aliphatic rings. The standard InChI is InChI=1S/C20H19N3O2S2/c1-4-13-5-7-14(8-6-13)18-21-15(11-26-18)10-25-20(24)17-9-16-12(2)22-23(3)19(16)27-17/h5-9,11H,4,10H2,1-3H3. The van der Waals surface area contributed by atoms with Gasteiger partial charge in [0.05, 0.1) is 11.4 Å². The minimum absolute atomic E-state index is 0.174. The van der Waals surface area contributed by atoms with Gasteiger partial charge >= 0.3 is 5.97 Å². The van der Waals surface area contributed by atoms with Crippen molar-refractivity contribution in [2.75, 3.05) is 0 Å². The number of carbonyl (C=O) groups excluding carboxylic acids is 1. The van der Waals surface area contributed by atoms with Gasteiger partial charge in [-0.1, -0.05) is 31.2 Å². The summed E-state index contributed by atoms with van der Waals surface area (Å²) < 4.78 is 7.26. The predicted molar refractivity (Wildman–Crippen MR) is 109 cm³/mol. The van der Waals surface area contributed by atoms with Gasteiger partial charge in [0.25, 0.3) is 0 Å². The van der Waals surface area contributed by atoms with Gasteiger partial charge in [0.2, 0.25) is 0 Å². The quantitative estimate of drug-likeness (QED) is 0.445. The van der Waals surface area contributed by atoms with Crippen LogP contribution in [-0.2, 0) is 24.8 Å². The zero-order valence-electron chi connectivity index (χ0n) is 15.4. The highest BCUT2D eigenvalue weighted by molar-refractivity contribution is 7.20. The SMILES string of the molecule is CCc1ccc(-c2nc(COC(=O)c3cc4c(C)nn(C)c4s3)cs2)cc1. The number of hydrogen-bond donors (Lipinski definition) is 0. The number of aromatic nitrogens is 3. The number of fused-ring (bicyclic) bond motifs is 1. The lowest BCUT2D eigenvalue weighted by Crippen LogP contribution is -2.03. The van der Waals surface area contributed by atoms with Crippen molar-refractivity contribution in [1.82, 2.24) is 14.8 Å². The molecule has 5 nitrogen and oxygen atoms in total. The van der Waals surface area contributed by atoms with Crippen LogP contribution in [0.15, 0.2) is 35.7 Å². The molecule has 0 radical (unpaired) electrons. The first-order valence-electron chi connectivity index (χ1n) is 8.69. The normalized spacial score (nSPS) is 11.2. The van der Waals surface area contributed by atoms with Crippen LogP contribution in [0.25, 0.3) is 20.8 Å². The highest BCUT2D eigenvalue weighted by Gasteiger charge is 2.17. The lowest BCUT2D eigenvalue weighted by Gasteiger charge is -2.01. The molecule has 0 aliphatic heterocycles. The van der Waals surface area contributed by atoms with E-state index in [0.717, 1.165) is 38.6 Å². The van der Waals surface area contributed by atoms with E-state index >= 15 is 0 Å². The number of esters is 1. The Kier molecular flexibility index (Phi) is 4.80. The van der Waals surface area contributed by atoms with Crippen LogP contribution in [0, 0.1) is 6.92 Å². The number of thiophene rings is 1. The van der Waals surface area contributed by atoms with Gasteiger partial charge in [-0.3, -0.25) is 4.68 Å². The van der Waals surface area contributed by atoms with Gasteiger partial charge in [0, 0.05) is 23.4 Å². The Morgan fingerprint density at radius 2 is 2.04 bits per heavy atom. The number of ether oxygens (including phenoxy) is 1. The molecule has 4 rings (SSSR count). The summed E-state index contributed by atoms with van der Waals surface area (Å²) in [4.78, 5) is 18.6. The number of thiazole rings is 1. The van der Waals surface area contributed by atoms with Gasteiger partial charge < -0.3 is 4.74 Å². The molecule has 0 fully saturated rings. The van der Waals surface area contributed by atoms with E-state index in [1.54, 1.807) is 16.0 Å². The molecule has 0 bridgehead atoms. The zero-order chi connectivity index (χ0) is 19.0. The van der Waals surface area contributed by atoms with Gasteiger partial charge in [0.15, 0.2) is 0 Å². The first kappa shape index (κ1) is 17.9. The fraction of sp³-hybridized carbons (Fsp3) is 0.250. The fourth-order valence-corrected chi connectivity index (χ4v) is 4.73. The van der Waals surface area contributed by atoms with Crippen molar-refractivity contribution in [2.45, 2.75) is 26.9 Å². The molecule has 1 aromatic carbocycles. The van der Waals surface area contributed by atoms with E-state index in [2.05, 4.69) is 41.3 Å². The third kappa shape index (κ3) is 3.52. The summed E-state index contributed by atoms with van der Waals surface area (Å²) in [5.74, 6) is -0.322. The maximum Gasteiger partial charge on any atom is 0.348 e. The van der Waals surface area contributed by atoms with Crippen LogP contribution in [0.5, 0.6) is 0 Å². The Labute approximate surface area is 165 Å². The van der Waals surface area contributed by atoms with E-state index < -0.39 is 0 Å². The minimum Gasteiger partial charge on any atom is -0.455 e. The van der Waals surface area contributed by atoms with Crippen LogP contribution >= 0.6 is 22.7 Å². The molecule has 0 saturated heterocycles. The van der Waals surface area contributed by atoms with E-state index in [9.17, 15) is 4.79 Å². The summed E-state index contributed by atoms with van der Waals surface area (Å²) >= 11 is 2.96. The average molecular weight is 398 g/mol. The molecule has 4 aromatic rings. The summed E-state index contributed by atoms with van der Waals surface area (Å²) in [5.41, 5.74) is 4.07. The minimum atomic E-state index is -0.322. The second kappa shape index (κ2) is 7.25. The van der Waals surface area contributed by atoms with Gasteiger partial charge in [-0.15, -0.1) is 22.7 Å². The highest BCUT2D eigenvalue weighted by atomic mass is 32.1. The molecular weight excluding hydrogens is 378 g/mol. The molecule has 138 valence electrons. The second-order valence-electron chi connectivity index (χ2n) is 6.31. The maximum atomic E-state index is 12.4. The van der Waals surface area contributed by atoms with Crippen molar-refractivity contribution in [1.29, 1.82) is 0 Å². The van der Waals surface area contributed by atoms with Gasteiger partial charge in [-0.25, -0.2) is 9.78 Å². The lowest BCUT2D eigenvalue weighted by molar-refractivity contribution is 0.0474. The van der Waals surface area contributed by atoms with Crippen LogP contribution in [0.3, 0.4) is 0 Å². The molecule has 0 unspecified atom stereocenters. The number of carbonyl (C=O) groups is 1. The Bertz CT molecular complexity index is 1070. The molecule has 27 heavy (non-hydrogen) atoms. The molecule has 0 amide bonds. The first-order chi connectivity index (χ1) is 13.0. The number of hydrogen-bond acceptors (Lipinski definition) is 6. The predicted octanol–water partition coefficient (Wildman–Crippen LogP) is 4.99. The Balaban J connectivity index is 1.44. The zero-order valence-corrected chi connectivity index (χ0v) is 17.0. The van der Waals surface area contributed by atoms with Crippen LogP contribution in [-0.4, -0.2) is 20.7 Å². The van der Waals surface area contributed by atoms with Crippen LogP contribution in [0.2, 0.25) is 0 Å². The van der Waals surface area contributed by atoms with Crippen molar-refractivity contribution >= 4 is 38.9 Å². The summed E-state index contributed by atoms with van der Waals surface area (Å²) in [5, 5.41) is 8.23.